The molecule has 0 spiro atoms. The Morgan fingerprint density at radius 3 is 2.55 bits per heavy atom. The molecule has 128 valence electrons. The van der Waals surface area contributed by atoms with Gasteiger partial charge in [0.15, 0.2) is 5.96 Å². The van der Waals surface area contributed by atoms with Crippen molar-refractivity contribution in [2.45, 2.75) is 26.2 Å². The molecule has 0 saturated carbocycles. The van der Waals surface area contributed by atoms with Gasteiger partial charge in [-0.05, 0) is 38.3 Å². The van der Waals surface area contributed by atoms with Crippen LogP contribution in [0.5, 0.6) is 0 Å². The smallest absolute Gasteiger partial charge is 0.188 e. The highest BCUT2D eigenvalue weighted by Crippen LogP contribution is 2.14. The van der Waals surface area contributed by atoms with Gasteiger partial charge in [0.2, 0.25) is 0 Å². The Bertz CT molecular complexity index is 322. The van der Waals surface area contributed by atoms with Crippen molar-refractivity contribution in [1.82, 2.24) is 15.1 Å². The van der Waals surface area contributed by atoms with E-state index in [2.05, 4.69) is 27.0 Å². The SMILES string of the molecule is CC1CCN(CCNC(N)=NCCCN2CCOCC2)CC1. The van der Waals surface area contributed by atoms with Gasteiger partial charge in [-0.2, -0.15) is 0 Å². The van der Waals surface area contributed by atoms with Crippen LogP contribution in [-0.4, -0.2) is 81.3 Å². The van der Waals surface area contributed by atoms with Gasteiger partial charge in [-0.15, -0.1) is 0 Å². The lowest BCUT2D eigenvalue weighted by Gasteiger charge is -2.30. The van der Waals surface area contributed by atoms with Crippen molar-refractivity contribution in [3.8, 4) is 0 Å². The molecule has 2 fully saturated rings. The first-order valence-electron chi connectivity index (χ1n) is 8.80. The van der Waals surface area contributed by atoms with E-state index in [1.165, 1.54) is 25.9 Å². The molecule has 3 N–H and O–H groups in total. The zero-order valence-corrected chi connectivity index (χ0v) is 14.1. The highest BCUT2D eigenvalue weighted by Gasteiger charge is 2.14. The summed E-state index contributed by atoms with van der Waals surface area (Å²) in [7, 11) is 0. The number of guanidine groups is 1. The number of hydrogen-bond acceptors (Lipinski definition) is 4. The summed E-state index contributed by atoms with van der Waals surface area (Å²) in [6.07, 6.45) is 3.71. The summed E-state index contributed by atoms with van der Waals surface area (Å²) >= 11 is 0. The number of ether oxygens (including phenoxy) is 1. The van der Waals surface area contributed by atoms with Crippen molar-refractivity contribution < 1.29 is 4.74 Å². The Morgan fingerprint density at radius 1 is 1.14 bits per heavy atom. The van der Waals surface area contributed by atoms with Gasteiger partial charge in [0.25, 0.3) is 0 Å². The lowest BCUT2D eigenvalue weighted by atomic mass is 9.99. The Kier molecular flexibility index (Phi) is 7.98. The van der Waals surface area contributed by atoms with E-state index >= 15 is 0 Å². The molecule has 0 aliphatic carbocycles. The number of rotatable bonds is 7. The zero-order chi connectivity index (χ0) is 15.6. The molecule has 0 bridgehead atoms. The lowest BCUT2D eigenvalue weighted by Crippen LogP contribution is -2.41. The Labute approximate surface area is 135 Å². The zero-order valence-electron chi connectivity index (χ0n) is 14.1. The minimum Gasteiger partial charge on any atom is -0.379 e. The number of aliphatic imine (C=N–C) groups is 1. The van der Waals surface area contributed by atoms with E-state index in [-0.39, 0.29) is 0 Å². The molecule has 0 atom stereocenters. The molecule has 0 aromatic rings. The molecular formula is C16H33N5O. The first-order chi connectivity index (χ1) is 10.7. The Hall–Kier alpha value is -0.850. The molecule has 0 aromatic heterocycles. The van der Waals surface area contributed by atoms with Crippen molar-refractivity contribution in [2.24, 2.45) is 16.6 Å². The van der Waals surface area contributed by atoms with Crippen LogP contribution in [0.1, 0.15) is 26.2 Å². The largest absolute Gasteiger partial charge is 0.379 e. The maximum absolute atomic E-state index is 5.92. The second kappa shape index (κ2) is 10.0. The quantitative estimate of drug-likeness (QED) is 0.403. The van der Waals surface area contributed by atoms with E-state index in [0.717, 1.165) is 64.8 Å². The van der Waals surface area contributed by atoms with Gasteiger partial charge >= 0.3 is 0 Å². The van der Waals surface area contributed by atoms with E-state index < -0.39 is 0 Å². The number of hydrogen-bond donors (Lipinski definition) is 2. The van der Waals surface area contributed by atoms with Crippen LogP contribution < -0.4 is 11.1 Å². The topological polar surface area (TPSA) is 66.1 Å². The van der Waals surface area contributed by atoms with Gasteiger partial charge in [-0.1, -0.05) is 6.92 Å². The average Bonchev–Trinajstić information content (AvgIpc) is 2.54. The first kappa shape index (κ1) is 17.5. The van der Waals surface area contributed by atoms with E-state index in [1.807, 2.05) is 0 Å². The van der Waals surface area contributed by atoms with Gasteiger partial charge < -0.3 is 20.7 Å². The second-order valence-electron chi connectivity index (χ2n) is 6.53. The van der Waals surface area contributed by atoms with Crippen LogP contribution in [0.25, 0.3) is 0 Å². The standard InChI is InChI=1S/C16H33N5O/c1-15-3-8-21(9-4-15)10-6-19-16(17)18-5-2-7-20-11-13-22-14-12-20/h15H,2-14H2,1H3,(H3,17,18,19). The van der Waals surface area contributed by atoms with E-state index in [4.69, 9.17) is 10.5 Å². The summed E-state index contributed by atoms with van der Waals surface area (Å²) in [4.78, 5) is 9.35. The van der Waals surface area contributed by atoms with E-state index in [1.54, 1.807) is 0 Å². The molecule has 0 amide bonds. The van der Waals surface area contributed by atoms with Crippen molar-refractivity contribution in [1.29, 1.82) is 0 Å². The highest BCUT2D eigenvalue weighted by molar-refractivity contribution is 5.77. The molecule has 2 aliphatic heterocycles. The third-order valence-corrected chi connectivity index (χ3v) is 4.63. The van der Waals surface area contributed by atoms with Crippen LogP contribution in [0.3, 0.4) is 0 Å². The molecule has 2 rings (SSSR count). The highest BCUT2D eigenvalue weighted by atomic mass is 16.5. The normalized spacial score (nSPS) is 22.9. The Morgan fingerprint density at radius 2 is 1.82 bits per heavy atom. The number of morpholine rings is 1. The molecule has 0 aromatic carbocycles. The summed E-state index contributed by atoms with van der Waals surface area (Å²) in [5.41, 5.74) is 5.92. The molecule has 6 heteroatoms. The van der Waals surface area contributed by atoms with Gasteiger partial charge in [-0.3, -0.25) is 9.89 Å². The van der Waals surface area contributed by atoms with Crippen molar-refractivity contribution in [3.05, 3.63) is 0 Å². The minimum absolute atomic E-state index is 0.590. The fourth-order valence-electron chi connectivity index (χ4n) is 3.00. The van der Waals surface area contributed by atoms with Crippen molar-refractivity contribution >= 4 is 5.96 Å². The van der Waals surface area contributed by atoms with Crippen LogP contribution in [0.2, 0.25) is 0 Å². The van der Waals surface area contributed by atoms with Gasteiger partial charge in [-0.25, -0.2) is 0 Å². The van der Waals surface area contributed by atoms with E-state index in [9.17, 15) is 0 Å². The van der Waals surface area contributed by atoms with Gasteiger partial charge in [0.1, 0.15) is 0 Å². The summed E-state index contributed by atoms with van der Waals surface area (Å²) in [6, 6.07) is 0. The molecule has 0 radical (unpaired) electrons. The van der Waals surface area contributed by atoms with Crippen LogP contribution in [0.4, 0.5) is 0 Å². The predicted octanol–water partition coefficient (Wildman–Crippen LogP) is 0.345. The summed E-state index contributed by atoms with van der Waals surface area (Å²) in [5, 5.41) is 3.23. The van der Waals surface area contributed by atoms with Crippen molar-refractivity contribution in [3.63, 3.8) is 0 Å². The van der Waals surface area contributed by atoms with E-state index in [0.29, 0.717) is 5.96 Å². The second-order valence-corrected chi connectivity index (χ2v) is 6.53. The van der Waals surface area contributed by atoms with Crippen LogP contribution in [0.15, 0.2) is 4.99 Å². The summed E-state index contributed by atoms with van der Waals surface area (Å²) in [5.74, 6) is 1.48. The number of piperidine rings is 1. The van der Waals surface area contributed by atoms with Crippen LogP contribution >= 0.6 is 0 Å². The fraction of sp³-hybridized carbons (Fsp3) is 0.938. The van der Waals surface area contributed by atoms with Crippen LogP contribution in [-0.2, 0) is 4.74 Å². The third kappa shape index (κ3) is 6.94. The fourth-order valence-corrected chi connectivity index (χ4v) is 3.00. The molecule has 0 unspecified atom stereocenters. The summed E-state index contributed by atoms with van der Waals surface area (Å²) < 4.78 is 5.34. The monoisotopic (exact) mass is 311 g/mol. The molecule has 2 saturated heterocycles. The summed E-state index contributed by atoms with van der Waals surface area (Å²) in [6.45, 7) is 12.5. The van der Waals surface area contributed by atoms with Crippen LogP contribution in [0, 0.1) is 5.92 Å². The maximum Gasteiger partial charge on any atom is 0.188 e. The number of likely N-dealkylation sites (tertiary alicyclic amines) is 1. The Balaban J connectivity index is 1.48. The molecular weight excluding hydrogens is 278 g/mol. The van der Waals surface area contributed by atoms with Gasteiger partial charge in [0, 0.05) is 39.3 Å². The average molecular weight is 311 g/mol. The molecule has 6 nitrogen and oxygen atoms in total. The predicted molar refractivity (Wildman–Crippen MR) is 91.2 cm³/mol. The number of nitrogens with one attached hydrogen (secondary N) is 1. The maximum atomic E-state index is 5.92. The molecule has 22 heavy (non-hydrogen) atoms. The molecule has 2 heterocycles. The molecule has 2 aliphatic rings. The third-order valence-electron chi connectivity index (χ3n) is 4.63. The number of nitrogens with two attached hydrogens (primary N) is 1. The minimum atomic E-state index is 0.590. The number of nitrogens with zero attached hydrogens (tertiary/aromatic N) is 3. The lowest BCUT2D eigenvalue weighted by molar-refractivity contribution is 0.0377. The van der Waals surface area contributed by atoms with Crippen molar-refractivity contribution in [2.75, 3.05) is 65.6 Å². The van der Waals surface area contributed by atoms with Gasteiger partial charge in [0.05, 0.1) is 13.2 Å². The first-order valence-corrected chi connectivity index (χ1v) is 8.80.